The van der Waals surface area contributed by atoms with Gasteiger partial charge in [0.25, 0.3) is 5.91 Å². The highest BCUT2D eigenvalue weighted by atomic mass is 16.3. The van der Waals surface area contributed by atoms with E-state index in [-0.39, 0.29) is 5.91 Å². The Morgan fingerprint density at radius 1 is 1.24 bits per heavy atom. The fraction of sp³-hybridized carbons (Fsp3) is 0.333. The van der Waals surface area contributed by atoms with Gasteiger partial charge in [-0.15, -0.1) is 10.2 Å². The SMILES string of the molecule is CCc1nnc2n1CCN(C(=O)c1ccc(-c3ccco3)nc1C)C2. The van der Waals surface area contributed by atoms with Gasteiger partial charge in [-0.2, -0.15) is 0 Å². The lowest BCUT2D eigenvalue weighted by Crippen LogP contribution is -2.39. The molecule has 0 saturated carbocycles. The van der Waals surface area contributed by atoms with Crippen LogP contribution in [0.5, 0.6) is 0 Å². The van der Waals surface area contributed by atoms with Crippen LogP contribution in [0, 0.1) is 6.92 Å². The zero-order valence-electron chi connectivity index (χ0n) is 14.3. The minimum absolute atomic E-state index is 0.0247. The smallest absolute Gasteiger partial charge is 0.256 e. The average Bonchev–Trinajstić information content (AvgIpc) is 3.30. The van der Waals surface area contributed by atoms with E-state index in [1.165, 1.54) is 0 Å². The summed E-state index contributed by atoms with van der Waals surface area (Å²) in [5.74, 6) is 2.49. The second kappa shape index (κ2) is 6.16. The van der Waals surface area contributed by atoms with E-state index >= 15 is 0 Å². The Morgan fingerprint density at radius 2 is 2.12 bits per heavy atom. The summed E-state index contributed by atoms with van der Waals surface area (Å²) in [5, 5.41) is 8.41. The summed E-state index contributed by atoms with van der Waals surface area (Å²) in [5.41, 5.74) is 2.03. The number of fused-ring (bicyclic) bond motifs is 1. The topological polar surface area (TPSA) is 77.0 Å². The lowest BCUT2D eigenvalue weighted by molar-refractivity contribution is 0.0705. The van der Waals surface area contributed by atoms with Gasteiger partial charge in [-0.05, 0) is 31.2 Å². The monoisotopic (exact) mass is 337 g/mol. The summed E-state index contributed by atoms with van der Waals surface area (Å²) in [4.78, 5) is 19.2. The van der Waals surface area contributed by atoms with Gasteiger partial charge in [0.1, 0.15) is 11.5 Å². The summed E-state index contributed by atoms with van der Waals surface area (Å²) in [6, 6.07) is 7.31. The van der Waals surface area contributed by atoms with Crippen LogP contribution in [0.4, 0.5) is 0 Å². The molecule has 0 atom stereocenters. The molecule has 0 saturated heterocycles. The maximum absolute atomic E-state index is 12.9. The molecule has 0 radical (unpaired) electrons. The van der Waals surface area contributed by atoms with Gasteiger partial charge in [0.2, 0.25) is 0 Å². The number of nitrogens with zero attached hydrogens (tertiary/aromatic N) is 5. The van der Waals surface area contributed by atoms with Crippen molar-refractivity contribution >= 4 is 5.91 Å². The Morgan fingerprint density at radius 3 is 2.84 bits per heavy atom. The van der Waals surface area contributed by atoms with Crippen molar-refractivity contribution in [3.8, 4) is 11.5 Å². The molecule has 25 heavy (non-hydrogen) atoms. The number of carbonyl (C=O) groups excluding carboxylic acids is 1. The molecule has 1 aliphatic heterocycles. The first-order valence-corrected chi connectivity index (χ1v) is 8.39. The number of hydrogen-bond donors (Lipinski definition) is 0. The van der Waals surface area contributed by atoms with Gasteiger partial charge in [0.05, 0.1) is 24.1 Å². The normalized spacial score (nSPS) is 13.8. The van der Waals surface area contributed by atoms with E-state index in [0.29, 0.717) is 30.1 Å². The van der Waals surface area contributed by atoms with Gasteiger partial charge in [-0.25, -0.2) is 4.98 Å². The molecule has 0 aliphatic carbocycles. The van der Waals surface area contributed by atoms with Crippen molar-refractivity contribution in [2.24, 2.45) is 0 Å². The van der Waals surface area contributed by atoms with E-state index < -0.39 is 0 Å². The number of carbonyl (C=O) groups is 1. The second-order valence-corrected chi connectivity index (χ2v) is 6.07. The summed E-state index contributed by atoms with van der Waals surface area (Å²) in [7, 11) is 0. The maximum Gasteiger partial charge on any atom is 0.256 e. The molecular formula is C18H19N5O2. The first-order valence-electron chi connectivity index (χ1n) is 8.39. The van der Waals surface area contributed by atoms with Crippen LogP contribution in [0.1, 0.15) is 34.6 Å². The van der Waals surface area contributed by atoms with E-state index in [2.05, 4.69) is 26.7 Å². The predicted molar refractivity (Wildman–Crippen MR) is 90.8 cm³/mol. The molecule has 7 heteroatoms. The fourth-order valence-corrected chi connectivity index (χ4v) is 3.17. The third-order valence-electron chi connectivity index (χ3n) is 4.52. The number of hydrogen-bond acceptors (Lipinski definition) is 5. The van der Waals surface area contributed by atoms with Gasteiger partial charge in [0, 0.05) is 19.5 Å². The summed E-state index contributed by atoms with van der Waals surface area (Å²) in [6.45, 7) is 5.77. The first kappa shape index (κ1) is 15.6. The van der Waals surface area contributed by atoms with Crippen molar-refractivity contribution in [3.63, 3.8) is 0 Å². The Hall–Kier alpha value is -2.96. The molecule has 128 valence electrons. The molecular weight excluding hydrogens is 318 g/mol. The van der Waals surface area contributed by atoms with Crippen molar-refractivity contribution in [3.05, 3.63) is 53.4 Å². The van der Waals surface area contributed by atoms with Crippen molar-refractivity contribution in [1.29, 1.82) is 0 Å². The second-order valence-electron chi connectivity index (χ2n) is 6.07. The highest BCUT2D eigenvalue weighted by molar-refractivity contribution is 5.95. The van der Waals surface area contributed by atoms with Crippen LogP contribution in [-0.2, 0) is 19.5 Å². The summed E-state index contributed by atoms with van der Waals surface area (Å²) in [6.07, 6.45) is 2.46. The molecule has 0 spiro atoms. The van der Waals surface area contributed by atoms with E-state index in [1.807, 2.05) is 31.2 Å². The lowest BCUT2D eigenvalue weighted by atomic mass is 10.1. The molecule has 0 N–H and O–H groups in total. The highest BCUT2D eigenvalue weighted by Crippen LogP contribution is 2.21. The highest BCUT2D eigenvalue weighted by Gasteiger charge is 2.26. The molecule has 4 rings (SSSR count). The zero-order valence-corrected chi connectivity index (χ0v) is 14.3. The molecule has 7 nitrogen and oxygen atoms in total. The Balaban J connectivity index is 1.57. The van der Waals surface area contributed by atoms with Gasteiger partial charge >= 0.3 is 0 Å². The van der Waals surface area contributed by atoms with Crippen LogP contribution < -0.4 is 0 Å². The van der Waals surface area contributed by atoms with Gasteiger partial charge in [0.15, 0.2) is 11.6 Å². The third kappa shape index (κ3) is 2.71. The first-order chi connectivity index (χ1) is 12.2. The molecule has 0 bridgehead atoms. The number of pyridine rings is 1. The number of rotatable bonds is 3. The van der Waals surface area contributed by atoms with Crippen LogP contribution in [0.25, 0.3) is 11.5 Å². The van der Waals surface area contributed by atoms with E-state index in [9.17, 15) is 4.79 Å². The quantitative estimate of drug-likeness (QED) is 0.734. The van der Waals surface area contributed by atoms with Crippen molar-refractivity contribution in [2.75, 3.05) is 6.54 Å². The molecule has 0 fully saturated rings. The van der Waals surface area contributed by atoms with E-state index in [1.54, 1.807) is 11.2 Å². The van der Waals surface area contributed by atoms with Crippen molar-refractivity contribution < 1.29 is 9.21 Å². The lowest BCUT2D eigenvalue weighted by Gasteiger charge is -2.28. The predicted octanol–water partition coefficient (Wildman–Crippen LogP) is 2.46. The van der Waals surface area contributed by atoms with Crippen LogP contribution >= 0.6 is 0 Å². The van der Waals surface area contributed by atoms with Gasteiger partial charge < -0.3 is 13.9 Å². The molecule has 0 aromatic carbocycles. The molecule has 1 aliphatic rings. The van der Waals surface area contributed by atoms with Gasteiger partial charge in [-0.3, -0.25) is 4.79 Å². The number of aromatic nitrogens is 4. The summed E-state index contributed by atoms with van der Waals surface area (Å²) >= 11 is 0. The Bertz CT molecular complexity index is 914. The minimum Gasteiger partial charge on any atom is -0.463 e. The molecule has 0 unspecified atom stereocenters. The Kier molecular flexibility index (Phi) is 3.83. The van der Waals surface area contributed by atoms with Crippen molar-refractivity contribution in [2.45, 2.75) is 33.4 Å². The third-order valence-corrected chi connectivity index (χ3v) is 4.52. The standard InChI is InChI=1S/C18H19N5O2/c1-3-16-20-21-17-11-22(8-9-23(16)17)18(24)13-6-7-14(19-12(13)2)15-5-4-10-25-15/h4-7,10H,3,8-9,11H2,1-2H3. The van der Waals surface area contributed by atoms with E-state index in [0.717, 1.165) is 30.3 Å². The average molecular weight is 337 g/mol. The fourth-order valence-electron chi connectivity index (χ4n) is 3.17. The van der Waals surface area contributed by atoms with Crippen molar-refractivity contribution in [1.82, 2.24) is 24.6 Å². The largest absolute Gasteiger partial charge is 0.463 e. The number of furan rings is 1. The minimum atomic E-state index is -0.0247. The van der Waals surface area contributed by atoms with Crippen LogP contribution in [0.3, 0.4) is 0 Å². The maximum atomic E-state index is 12.9. The molecule has 3 aromatic heterocycles. The molecule has 3 aromatic rings. The van der Waals surface area contributed by atoms with Crippen LogP contribution in [0.15, 0.2) is 34.9 Å². The Labute approximate surface area is 145 Å². The number of amides is 1. The number of aryl methyl sites for hydroxylation is 2. The molecule has 4 heterocycles. The van der Waals surface area contributed by atoms with E-state index in [4.69, 9.17) is 4.42 Å². The summed E-state index contributed by atoms with van der Waals surface area (Å²) < 4.78 is 7.47. The van der Waals surface area contributed by atoms with Crippen LogP contribution in [-0.4, -0.2) is 37.1 Å². The van der Waals surface area contributed by atoms with Gasteiger partial charge in [-0.1, -0.05) is 6.92 Å². The van der Waals surface area contributed by atoms with Crippen LogP contribution in [0.2, 0.25) is 0 Å². The molecule has 1 amide bonds. The zero-order chi connectivity index (χ0) is 17.4.